The maximum atomic E-state index is 11.0. The Kier molecular flexibility index (Phi) is 8.57. The summed E-state index contributed by atoms with van der Waals surface area (Å²) in [6, 6.07) is 0. The summed E-state index contributed by atoms with van der Waals surface area (Å²) >= 11 is 0. The van der Waals surface area contributed by atoms with Gasteiger partial charge in [0.25, 0.3) is 0 Å². The largest absolute Gasteiger partial charge is 0.546 e. The van der Waals surface area contributed by atoms with Gasteiger partial charge in [0.2, 0.25) is 0 Å². The van der Waals surface area contributed by atoms with Crippen LogP contribution in [-0.4, -0.2) is 32.0 Å². The number of carboxylic acid groups (broad SMARTS) is 2. The van der Waals surface area contributed by atoms with E-state index in [0.717, 1.165) is 0 Å². The van der Waals surface area contributed by atoms with Gasteiger partial charge in [-0.15, -0.1) is 0 Å². The fourth-order valence-electron chi connectivity index (χ4n) is 1.33. The molecule has 6 nitrogen and oxygen atoms in total. The maximum Gasteiger partial charge on any atom is 0.160 e. The summed E-state index contributed by atoms with van der Waals surface area (Å²) in [5.74, 6) is -3.39. The minimum absolute atomic E-state index is 0.0829. The molecule has 0 spiro atoms. The number of carbonyl (C=O) groups is 2. The lowest BCUT2D eigenvalue weighted by Gasteiger charge is -2.33. The van der Waals surface area contributed by atoms with Gasteiger partial charge in [-0.3, -0.25) is 0 Å². The molecule has 2 atom stereocenters. The Morgan fingerprint density at radius 1 is 0.900 bits per heavy atom. The molecule has 0 saturated carbocycles. The average Bonchev–Trinajstić information content (AvgIpc) is 2.40. The van der Waals surface area contributed by atoms with Crippen LogP contribution in [0.1, 0.15) is 52.4 Å². The van der Waals surface area contributed by atoms with E-state index in [1.54, 1.807) is 0 Å². The van der Waals surface area contributed by atoms with Crippen molar-refractivity contribution >= 4 is 33.5 Å². The summed E-state index contributed by atoms with van der Waals surface area (Å²) in [6.07, 6.45) is 2.05. The molecule has 20 heavy (non-hydrogen) atoms. The molecule has 0 saturated heterocycles. The Bertz CT molecular complexity index is 306. The third kappa shape index (κ3) is 5.90. The van der Waals surface area contributed by atoms with Crippen molar-refractivity contribution in [1.29, 1.82) is 0 Å². The van der Waals surface area contributed by atoms with E-state index in [1.165, 1.54) is 0 Å². The lowest BCUT2D eigenvalue weighted by atomic mass is 10.1. The number of carboxylic acids is 2. The van der Waals surface area contributed by atoms with Gasteiger partial charge in [-0.05, 0) is 47.3 Å². The van der Waals surface area contributed by atoms with Gasteiger partial charge in [-0.25, -0.2) is 0 Å². The minimum Gasteiger partial charge on any atom is -0.546 e. The highest BCUT2D eigenvalue weighted by Gasteiger charge is 2.36. The number of hydrogen-bond donors (Lipinski definition) is 2. The van der Waals surface area contributed by atoms with E-state index < -0.39 is 21.8 Å². The van der Waals surface area contributed by atoms with Crippen LogP contribution in [0.25, 0.3) is 0 Å². The monoisotopic (exact) mass is 324 g/mol. The molecule has 0 heterocycles. The molecule has 0 aliphatic rings. The third-order valence-electron chi connectivity index (χ3n) is 2.69. The maximum absolute atomic E-state index is 11.0. The van der Waals surface area contributed by atoms with Crippen LogP contribution in [0.2, 0.25) is 0 Å². The van der Waals surface area contributed by atoms with Gasteiger partial charge in [-0.1, -0.05) is 26.7 Å². The van der Waals surface area contributed by atoms with E-state index in [-0.39, 0.29) is 12.8 Å². The van der Waals surface area contributed by atoms with Crippen LogP contribution in [0.5, 0.6) is 0 Å². The van der Waals surface area contributed by atoms with Gasteiger partial charge in [0, 0.05) is 0 Å². The van der Waals surface area contributed by atoms with Crippen molar-refractivity contribution < 1.29 is 30.0 Å². The summed E-state index contributed by atoms with van der Waals surface area (Å²) in [4.78, 5) is 17.5. The Morgan fingerprint density at radius 2 is 1.20 bits per heavy atom. The van der Waals surface area contributed by atoms with Gasteiger partial charge < -0.3 is 30.0 Å². The molecule has 0 rings (SSSR count). The molecule has 2 N–H and O–H groups in total. The number of hydrogen-bond acceptors (Lipinski definition) is 8. The van der Waals surface area contributed by atoms with Crippen molar-refractivity contribution in [1.82, 2.24) is 0 Å². The molecule has 0 aromatic rings. The zero-order valence-electron chi connectivity index (χ0n) is 11.6. The number of rotatable bonds is 11. The first-order chi connectivity index (χ1) is 9.22. The summed E-state index contributed by atoms with van der Waals surface area (Å²) < 4.78 is 0. The van der Waals surface area contributed by atoms with E-state index in [0.29, 0.717) is 47.3 Å². The zero-order valence-corrected chi connectivity index (χ0v) is 13.2. The van der Waals surface area contributed by atoms with Gasteiger partial charge in [0.15, 0.2) is 9.87 Å². The van der Waals surface area contributed by atoms with E-state index in [4.69, 9.17) is 0 Å². The van der Waals surface area contributed by atoms with Crippen LogP contribution in [0.15, 0.2) is 0 Å². The quantitative estimate of drug-likeness (QED) is 0.390. The second kappa shape index (κ2) is 8.76. The molecule has 8 heteroatoms. The molecule has 0 amide bonds. The molecule has 0 radical (unpaired) electrons. The van der Waals surface area contributed by atoms with Crippen molar-refractivity contribution in [2.45, 2.75) is 62.2 Å². The molecule has 0 bridgehead atoms. The SMILES string of the molecule is CCCCC(O)(SSC(O)(CCCC)C(=O)[O-])C(=O)[O-]. The predicted molar refractivity (Wildman–Crippen MR) is 74.1 cm³/mol. The number of aliphatic carboxylic acids is 2. The molecule has 2 unspecified atom stereocenters. The Hall–Kier alpha value is -0.440. The van der Waals surface area contributed by atoms with E-state index in [2.05, 4.69) is 0 Å². The van der Waals surface area contributed by atoms with Gasteiger partial charge in [-0.2, -0.15) is 0 Å². The molecular weight excluding hydrogens is 304 g/mol. The third-order valence-corrected chi connectivity index (χ3v) is 5.97. The van der Waals surface area contributed by atoms with Crippen LogP contribution in [0.4, 0.5) is 0 Å². The number of aliphatic hydroxyl groups is 2. The fourth-order valence-corrected chi connectivity index (χ4v) is 3.93. The molecule has 0 aliphatic carbocycles. The second-order valence-electron chi connectivity index (χ2n) is 4.52. The summed E-state index contributed by atoms with van der Waals surface area (Å²) in [5.41, 5.74) is 0. The smallest absolute Gasteiger partial charge is 0.160 e. The summed E-state index contributed by atoms with van der Waals surface area (Å²) in [7, 11) is 0.794. The van der Waals surface area contributed by atoms with E-state index in [9.17, 15) is 30.0 Å². The normalized spacial score (nSPS) is 17.2. The Labute approximate surface area is 126 Å². The van der Waals surface area contributed by atoms with Gasteiger partial charge in [0.1, 0.15) is 0 Å². The minimum atomic E-state index is -2.23. The first-order valence-electron chi connectivity index (χ1n) is 6.46. The molecule has 118 valence electrons. The first-order valence-corrected chi connectivity index (χ1v) is 8.61. The van der Waals surface area contributed by atoms with Crippen molar-refractivity contribution in [3.8, 4) is 0 Å². The van der Waals surface area contributed by atoms with Gasteiger partial charge in [0.05, 0.1) is 11.9 Å². The summed E-state index contributed by atoms with van der Waals surface area (Å²) in [6.45, 7) is 3.65. The molecular formula is C12H20O6S2-2. The number of unbranched alkanes of at least 4 members (excludes halogenated alkanes) is 2. The first kappa shape index (κ1) is 19.6. The van der Waals surface area contributed by atoms with Crippen molar-refractivity contribution in [3.05, 3.63) is 0 Å². The lowest BCUT2D eigenvalue weighted by Crippen LogP contribution is -2.48. The van der Waals surface area contributed by atoms with Crippen LogP contribution < -0.4 is 10.2 Å². The zero-order chi connectivity index (χ0) is 15.8. The van der Waals surface area contributed by atoms with E-state index >= 15 is 0 Å². The van der Waals surface area contributed by atoms with Gasteiger partial charge >= 0.3 is 0 Å². The highest BCUT2D eigenvalue weighted by molar-refractivity contribution is 8.77. The Balaban J connectivity index is 4.79. The van der Waals surface area contributed by atoms with Crippen LogP contribution >= 0.6 is 21.6 Å². The highest BCUT2D eigenvalue weighted by Crippen LogP contribution is 2.45. The molecule has 0 aromatic carbocycles. The standard InChI is InChI=1S/C12H22O6S2/c1-3-5-7-11(17,9(13)14)19-20-12(18,10(15)16)8-6-4-2/h17-18H,3-8H2,1-2H3,(H,13,14)(H,15,16)/p-2. The van der Waals surface area contributed by atoms with Crippen LogP contribution in [-0.2, 0) is 9.59 Å². The van der Waals surface area contributed by atoms with Crippen molar-refractivity contribution in [2.24, 2.45) is 0 Å². The number of carbonyl (C=O) groups excluding carboxylic acids is 2. The summed E-state index contributed by atoms with van der Waals surface area (Å²) in [5, 5.41) is 41.9. The van der Waals surface area contributed by atoms with Crippen molar-refractivity contribution in [2.75, 3.05) is 0 Å². The van der Waals surface area contributed by atoms with E-state index in [1.807, 2.05) is 13.8 Å². The lowest BCUT2D eigenvalue weighted by molar-refractivity contribution is -0.319. The molecule has 0 fully saturated rings. The average molecular weight is 324 g/mol. The van der Waals surface area contributed by atoms with Crippen LogP contribution in [0.3, 0.4) is 0 Å². The molecule has 0 aliphatic heterocycles. The predicted octanol–water partition coefficient (Wildman–Crippen LogP) is -0.375. The highest BCUT2D eigenvalue weighted by atomic mass is 33.1. The van der Waals surface area contributed by atoms with Crippen LogP contribution in [0, 0.1) is 0 Å². The second-order valence-corrected chi connectivity index (χ2v) is 7.20. The fraction of sp³-hybridized carbons (Fsp3) is 0.833. The Morgan fingerprint density at radius 3 is 1.40 bits per heavy atom. The topological polar surface area (TPSA) is 121 Å². The molecule has 0 aromatic heterocycles. The van der Waals surface area contributed by atoms with Crippen molar-refractivity contribution in [3.63, 3.8) is 0 Å².